The zero-order valence-corrected chi connectivity index (χ0v) is 17.3. The minimum absolute atomic E-state index is 0.0556. The third-order valence-corrected chi connectivity index (χ3v) is 4.89. The summed E-state index contributed by atoms with van der Waals surface area (Å²) in [7, 11) is 0. The quantitative estimate of drug-likeness (QED) is 0.602. The fourth-order valence-corrected chi connectivity index (χ4v) is 3.48. The van der Waals surface area contributed by atoms with Crippen LogP contribution in [0.4, 0.5) is 15.8 Å². The summed E-state index contributed by atoms with van der Waals surface area (Å²) in [5, 5.41) is 8.54. The second-order valence-corrected chi connectivity index (χ2v) is 7.71. The zero-order chi connectivity index (χ0) is 21.5. The van der Waals surface area contributed by atoms with Gasteiger partial charge < -0.3 is 20.7 Å². The molecule has 0 spiro atoms. The second-order valence-electron chi connectivity index (χ2n) is 7.71. The monoisotopic (exact) mass is 413 g/mol. The molecular formula is C23H28FN3O3. The molecule has 0 atom stereocenters. The summed E-state index contributed by atoms with van der Waals surface area (Å²) < 4.78 is 19.7. The minimum Gasteiger partial charge on any atom is -0.491 e. The van der Waals surface area contributed by atoms with E-state index in [0.717, 1.165) is 25.7 Å². The van der Waals surface area contributed by atoms with Gasteiger partial charge in [0.15, 0.2) is 0 Å². The van der Waals surface area contributed by atoms with Gasteiger partial charge in [-0.05, 0) is 51.0 Å². The van der Waals surface area contributed by atoms with Crippen LogP contribution in [-0.2, 0) is 4.79 Å². The molecule has 7 heteroatoms. The molecule has 3 N–H and O–H groups in total. The Balaban J connectivity index is 1.58. The summed E-state index contributed by atoms with van der Waals surface area (Å²) in [5.74, 6) is -0.646. The zero-order valence-electron chi connectivity index (χ0n) is 17.3. The maximum atomic E-state index is 14.2. The van der Waals surface area contributed by atoms with E-state index in [1.165, 1.54) is 12.1 Å². The van der Waals surface area contributed by atoms with Gasteiger partial charge in [-0.2, -0.15) is 0 Å². The molecule has 2 aromatic rings. The summed E-state index contributed by atoms with van der Waals surface area (Å²) in [6.07, 6.45) is 4.15. The van der Waals surface area contributed by atoms with Crippen LogP contribution in [0.25, 0.3) is 0 Å². The Morgan fingerprint density at radius 3 is 2.53 bits per heavy atom. The van der Waals surface area contributed by atoms with Crippen LogP contribution in [0.15, 0.2) is 42.5 Å². The number of carbonyl (C=O) groups excluding carboxylic acids is 2. The van der Waals surface area contributed by atoms with Gasteiger partial charge in [0.05, 0.1) is 29.6 Å². The average molecular weight is 413 g/mol. The van der Waals surface area contributed by atoms with Crippen LogP contribution in [0.2, 0.25) is 0 Å². The van der Waals surface area contributed by atoms with Crippen molar-refractivity contribution in [3.8, 4) is 5.75 Å². The van der Waals surface area contributed by atoms with E-state index in [1.54, 1.807) is 30.3 Å². The predicted octanol–water partition coefficient (Wildman–Crippen LogP) is 4.34. The van der Waals surface area contributed by atoms with Crippen molar-refractivity contribution in [2.24, 2.45) is 0 Å². The van der Waals surface area contributed by atoms with Crippen LogP contribution in [0.3, 0.4) is 0 Å². The number of benzene rings is 2. The molecule has 0 saturated heterocycles. The van der Waals surface area contributed by atoms with E-state index in [1.807, 2.05) is 13.8 Å². The van der Waals surface area contributed by atoms with Gasteiger partial charge in [-0.15, -0.1) is 0 Å². The molecule has 1 saturated carbocycles. The SMILES string of the molecule is CC(C)Oc1ccc(NCC(=O)Nc2ccccc2C(=O)NC2CCCC2)c(F)c1. The van der Waals surface area contributed by atoms with Gasteiger partial charge in [-0.25, -0.2) is 4.39 Å². The second kappa shape index (κ2) is 10.1. The van der Waals surface area contributed by atoms with Crippen molar-refractivity contribution in [2.75, 3.05) is 17.2 Å². The molecule has 160 valence electrons. The minimum atomic E-state index is -0.503. The highest BCUT2D eigenvalue weighted by Crippen LogP contribution is 2.22. The van der Waals surface area contributed by atoms with E-state index in [2.05, 4.69) is 16.0 Å². The first-order valence-electron chi connectivity index (χ1n) is 10.3. The molecule has 0 aromatic heterocycles. The number of ether oxygens (including phenoxy) is 1. The normalized spacial score (nSPS) is 13.9. The van der Waals surface area contributed by atoms with Gasteiger partial charge in [0.1, 0.15) is 11.6 Å². The number of hydrogen-bond acceptors (Lipinski definition) is 4. The number of para-hydroxylation sites is 1. The average Bonchev–Trinajstić information content (AvgIpc) is 3.20. The number of rotatable bonds is 8. The highest BCUT2D eigenvalue weighted by molar-refractivity contribution is 6.04. The van der Waals surface area contributed by atoms with Crippen molar-refractivity contribution in [2.45, 2.75) is 51.7 Å². The van der Waals surface area contributed by atoms with E-state index >= 15 is 0 Å². The Labute approximate surface area is 176 Å². The predicted molar refractivity (Wildman–Crippen MR) is 115 cm³/mol. The molecule has 0 heterocycles. The van der Waals surface area contributed by atoms with Crippen molar-refractivity contribution < 1.29 is 18.7 Å². The first kappa shape index (κ1) is 21.6. The largest absolute Gasteiger partial charge is 0.491 e. The fraction of sp³-hybridized carbons (Fsp3) is 0.391. The summed E-state index contributed by atoms with van der Waals surface area (Å²) >= 11 is 0. The Hall–Kier alpha value is -3.09. The standard InChI is InChI=1S/C23H28FN3O3/c1-15(2)30-17-11-12-21(19(24)13-17)25-14-22(28)27-20-10-6-5-9-18(20)23(29)26-16-7-3-4-8-16/h5-6,9-13,15-16,25H,3-4,7-8,14H2,1-2H3,(H,26,29)(H,27,28). The number of halogens is 1. The molecule has 30 heavy (non-hydrogen) atoms. The summed E-state index contributed by atoms with van der Waals surface area (Å²) in [4.78, 5) is 25.0. The first-order valence-corrected chi connectivity index (χ1v) is 10.3. The van der Waals surface area contributed by atoms with E-state index < -0.39 is 5.82 Å². The molecule has 0 unspecified atom stereocenters. The molecule has 6 nitrogen and oxygen atoms in total. The summed E-state index contributed by atoms with van der Waals surface area (Å²) in [5.41, 5.74) is 1.05. The highest BCUT2D eigenvalue weighted by Gasteiger charge is 2.20. The number of amides is 2. The van der Waals surface area contributed by atoms with Crippen LogP contribution in [0, 0.1) is 5.82 Å². The maximum absolute atomic E-state index is 14.2. The van der Waals surface area contributed by atoms with Crippen molar-refractivity contribution in [1.82, 2.24) is 5.32 Å². The number of anilines is 2. The maximum Gasteiger partial charge on any atom is 0.253 e. The van der Waals surface area contributed by atoms with E-state index in [9.17, 15) is 14.0 Å². The Bertz CT molecular complexity index is 895. The molecule has 1 fully saturated rings. The van der Waals surface area contributed by atoms with Gasteiger partial charge in [0, 0.05) is 12.1 Å². The van der Waals surface area contributed by atoms with E-state index in [-0.39, 0.29) is 36.2 Å². The molecule has 0 bridgehead atoms. The molecule has 1 aliphatic rings. The lowest BCUT2D eigenvalue weighted by atomic mass is 10.1. The van der Waals surface area contributed by atoms with Crippen molar-refractivity contribution in [1.29, 1.82) is 0 Å². The Morgan fingerprint density at radius 2 is 1.83 bits per heavy atom. The topological polar surface area (TPSA) is 79.5 Å². The van der Waals surface area contributed by atoms with Crippen LogP contribution in [0.1, 0.15) is 49.9 Å². The first-order chi connectivity index (χ1) is 14.4. The fourth-order valence-electron chi connectivity index (χ4n) is 3.48. The van der Waals surface area contributed by atoms with E-state index in [0.29, 0.717) is 17.0 Å². The van der Waals surface area contributed by atoms with Crippen LogP contribution in [0.5, 0.6) is 5.75 Å². The highest BCUT2D eigenvalue weighted by atomic mass is 19.1. The number of carbonyl (C=O) groups is 2. The van der Waals surface area contributed by atoms with Gasteiger partial charge in [0.2, 0.25) is 5.91 Å². The number of nitrogens with one attached hydrogen (secondary N) is 3. The van der Waals surface area contributed by atoms with Crippen LogP contribution >= 0.6 is 0 Å². The molecule has 2 aromatic carbocycles. The molecule has 3 rings (SSSR count). The van der Waals surface area contributed by atoms with Crippen LogP contribution < -0.4 is 20.7 Å². The lowest BCUT2D eigenvalue weighted by Gasteiger charge is -2.15. The Morgan fingerprint density at radius 1 is 1.10 bits per heavy atom. The smallest absolute Gasteiger partial charge is 0.253 e. The lowest BCUT2D eigenvalue weighted by molar-refractivity contribution is -0.114. The third kappa shape index (κ3) is 5.95. The summed E-state index contributed by atoms with van der Waals surface area (Å²) in [6, 6.07) is 11.5. The van der Waals surface area contributed by atoms with Gasteiger partial charge in [0.25, 0.3) is 5.91 Å². The van der Waals surface area contributed by atoms with Gasteiger partial charge >= 0.3 is 0 Å². The van der Waals surface area contributed by atoms with Crippen molar-refractivity contribution in [3.05, 3.63) is 53.8 Å². The van der Waals surface area contributed by atoms with E-state index in [4.69, 9.17) is 4.74 Å². The molecule has 0 aliphatic heterocycles. The third-order valence-electron chi connectivity index (χ3n) is 4.89. The summed E-state index contributed by atoms with van der Waals surface area (Å²) in [6.45, 7) is 3.58. The lowest BCUT2D eigenvalue weighted by Crippen LogP contribution is -2.33. The molecular weight excluding hydrogens is 385 g/mol. The van der Waals surface area contributed by atoms with Crippen molar-refractivity contribution in [3.63, 3.8) is 0 Å². The van der Waals surface area contributed by atoms with Crippen molar-refractivity contribution >= 4 is 23.2 Å². The van der Waals surface area contributed by atoms with Gasteiger partial charge in [-0.1, -0.05) is 25.0 Å². The molecule has 0 radical (unpaired) electrons. The number of hydrogen-bond donors (Lipinski definition) is 3. The van der Waals surface area contributed by atoms with Gasteiger partial charge in [-0.3, -0.25) is 9.59 Å². The van der Waals surface area contributed by atoms with Crippen LogP contribution in [-0.4, -0.2) is 30.5 Å². The molecule has 1 aliphatic carbocycles. The molecule has 2 amide bonds. The Kier molecular flexibility index (Phi) is 7.27.